The van der Waals surface area contributed by atoms with Crippen LogP contribution in [-0.2, 0) is 56.9 Å². The van der Waals surface area contributed by atoms with Crippen molar-refractivity contribution in [1.29, 1.82) is 0 Å². The molecule has 1 amide bonds. The fraction of sp³-hybridized carbons (Fsp3) is 0.962. The third kappa shape index (κ3) is 35.0. The number of aliphatic hydroxyl groups is 1. The van der Waals surface area contributed by atoms with Gasteiger partial charge in [-0.15, -0.1) is 0 Å². The van der Waals surface area contributed by atoms with Crippen LogP contribution in [0.25, 0.3) is 0 Å². The Labute approximate surface area is 239 Å². The van der Waals surface area contributed by atoms with E-state index in [1.54, 1.807) is 7.05 Å². The number of carbonyl (C=O) groups excluding carboxylic acids is 1. The smallest absolute Gasteiger partial charge is 0.222 e. The Morgan fingerprint density at radius 1 is 0.400 bits per heavy atom. The van der Waals surface area contributed by atoms with E-state index >= 15 is 0 Å². The Morgan fingerprint density at radius 3 is 0.800 bits per heavy atom. The summed E-state index contributed by atoms with van der Waals surface area (Å²) in [6, 6.07) is 0. The minimum Gasteiger partial charge on any atom is -0.394 e. The molecule has 0 aliphatic heterocycles. The van der Waals surface area contributed by atoms with Gasteiger partial charge in [0, 0.05) is 13.5 Å². The maximum absolute atomic E-state index is 11.0. The lowest BCUT2D eigenvalue weighted by atomic mass is 10.4. The Morgan fingerprint density at radius 2 is 0.600 bits per heavy atom. The summed E-state index contributed by atoms with van der Waals surface area (Å²) in [5.74, 6) is -0.0370. The minimum absolute atomic E-state index is 0.0235. The Balaban J connectivity index is 3.04. The number of rotatable bonds is 35. The largest absolute Gasteiger partial charge is 0.394 e. The predicted molar refractivity (Wildman–Crippen MR) is 145 cm³/mol. The van der Waals surface area contributed by atoms with Gasteiger partial charge in [0.05, 0.1) is 152 Å². The molecule has 0 aliphatic rings. The topological polar surface area (TPSA) is 151 Å². The van der Waals surface area contributed by atoms with Crippen LogP contribution in [0.3, 0.4) is 0 Å². The molecule has 0 saturated carbocycles. The molecule has 0 aromatic rings. The average Bonchev–Trinajstić information content (AvgIpc) is 2.97. The fourth-order valence-corrected chi connectivity index (χ4v) is 2.66. The molecule has 0 bridgehead atoms. The first-order chi connectivity index (χ1) is 19.8. The molecule has 0 aromatic carbocycles. The van der Waals surface area contributed by atoms with Gasteiger partial charge in [-0.3, -0.25) is 4.79 Å². The van der Waals surface area contributed by atoms with Gasteiger partial charge in [0.2, 0.25) is 5.91 Å². The summed E-state index contributed by atoms with van der Waals surface area (Å²) in [5.41, 5.74) is 0. The predicted octanol–water partition coefficient (Wildman–Crippen LogP) is -0.703. The molecule has 2 N–H and O–H groups in total. The van der Waals surface area contributed by atoms with E-state index in [-0.39, 0.29) is 12.5 Å². The number of carbonyl (C=O) groups is 1. The maximum Gasteiger partial charge on any atom is 0.222 e. The Kier molecular flexibility index (Phi) is 35.1. The highest BCUT2D eigenvalue weighted by Crippen LogP contribution is 1.87. The van der Waals surface area contributed by atoms with Gasteiger partial charge in [-0.2, -0.15) is 0 Å². The first-order valence-electron chi connectivity index (χ1n) is 14.0. The van der Waals surface area contributed by atoms with Crippen LogP contribution < -0.4 is 5.32 Å². The van der Waals surface area contributed by atoms with Crippen LogP contribution in [0.15, 0.2) is 0 Å². The van der Waals surface area contributed by atoms with Crippen LogP contribution in [0.1, 0.15) is 6.42 Å². The van der Waals surface area contributed by atoms with Crippen molar-refractivity contribution in [2.75, 3.05) is 159 Å². The highest BCUT2D eigenvalue weighted by atomic mass is 16.6. The van der Waals surface area contributed by atoms with Gasteiger partial charge in [-0.25, -0.2) is 0 Å². The number of aliphatic hydroxyl groups excluding tert-OH is 1. The van der Waals surface area contributed by atoms with Crippen molar-refractivity contribution in [2.45, 2.75) is 6.42 Å². The molecular formula is C26H53NO13. The number of hydrogen-bond donors (Lipinski definition) is 2. The molecule has 0 fully saturated rings. The van der Waals surface area contributed by atoms with E-state index in [1.807, 2.05) is 0 Å². The fourth-order valence-electron chi connectivity index (χ4n) is 2.66. The molecule has 0 rings (SSSR count). The number of hydrogen-bond acceptors (Lipinski definition) is 13. The third-order valence-electron chi connectivity index (χ3n) is 4.71. The summed E-state index contributed by atoms with van der Waals surface area (Å²) in [6.45, 7) is 10.6. The maximum atomic E-state index is 11.0. The zero-order chi connectivity index (χ0) is 29.0. The standard InChI is InChI=1S/C26H53NO13/c1-27-26(29)2-4-30-6-8-32-10-12-34-14-16-36-18-20-38-22-24-40-25-23-39-21-19-37-17-15-35-13-11-33-9-7-31-5-3-28/h28H,2-25H2,1H3,(H,27,29). The van der Waals surface area contributed by atoms with Crippen LogP contribution in [0.2, 0.25) is 0 Å². The molecule has 40 heavy (non-hydrogen) atoms. The van der Waals surface area contributed by atoms with Crippen molar-refractivity contribution in [3.63, 3.8) is 0 Å². The van der Waals surface area contributed by atoms with Gasteiger partial charge >= 0.3 is 0 Å². The zero-order valence-electron chi connectivity index (χ0n) is 24.3. The van der Waals surface area contributed by atoms with Gasteiger partial charge in [0.15, 0.2) is 0 Å². The number of ether oxygens (including phenoxy) is 11. The number of amides is 1. The van der Waals surface area contributed by atoms with Crippen LogP contribution in [-0.4, -0.2) is 170 Å². The molecule has 0 spiro atoms. The van der Waals surface area contributed by atoms with E-state index in [2.05, 4.69) is 5.32 Å². The summed E-state index contributed by atoms with van der Waals surface area (Å²) in [5, 5.41) is 11.1. The molecule has 0 unspecified atom stereocenters. The SMILES string of the molecule is CNC(=O)CCOCCOCCOCCOCCOCCOCCOCCOCCOCCOCCOCCO. The van der Waals surface area contributed by atoms with E-state index in [4.69, 9.17) is 57.2 Å². The van der Waals surface area contributed by atoms with Gasteiger partial charge in [-0.05, 0) is 0 Å². The van der Waals surface area contributed by atoms with Crippen LogP contribution in [0, 0.1) is 0 Å². The van der Waals surface area contributed by atoms with Crippen LogP contribution >= 0.6 is 0 Å². The first-order valence-corrected chi connectivity index (χ1v) is 14.0. The van der Waals surface area contributed by atoms with Crippen molar-refractivity contribution in [2.24, 2.45) is 0 Å². The molecule has 0 atom stereocenters. The minimum atomic E-state index is -0.0370. The van der Waals surface area contributed by atoms with Gasteiger partial charge in [-0.1, -0.05) is 0 Å². The van der Waals surface area contributed by atoms with Crippen molar-refractivity contribution < 1.29 is 62.0 Å². The first kappa shape index (κ1) is 39.0. The van der Waals surface area contributed by atoms with Crippen LogP contribution in [0.5, 0.6) is 0 Å². The Bertz CT molecular complexity index is 492. The quantitative estimate of drug-likeness (QED) is 0.0900. The van der Waals surface area contributed by atoms with Crippen molar-refractivity contribution >= 4 is 5.91 Å². The lowest BCUT2D eigenvalue weighted by Crippen LogP contribution is -2.20. The van der Waals surface area contributed by atoms with Crippen molar-refractivity contribution in [3.05, 3.63) is 0 Å². The second-order valence-corrected chi connectivity index (χ2v) is 7.88. The summed E-state index contributed by atoms with van der Waals surface area (Å²) >= 11 is 0. The molecule has 14 nitrogen and oxygen atoms in total. The molecule has 240 valence electrons. The normalized spacial score (nSPS) is 11.3. The number of nitrogens with one attached hydrogen (secondary N) is 1. The summed E-state index contributed by atoms with van der Waals surface area (Å²) in [7, 11) is 1.60. The summed E-state index contributed by atoms with van der Waals surface area (Å²) in [6.07, 6.45) is 0.355. The summed E-state index contributed by atoms with van der Waals surface area (Å²) < 4.78 is 59.0. The van der Waals surface area contributed by atoms with E-state index in [9.17, 15) is 4.79 Å². The van der Waals surface area contributed by atoms with E-state index in [1.165, 1.54) is 0 Å². The van der Waals surface area contributed by atoms with Gasteiger partial charge < -0.3 is 62.5 Å². The Hall–Kier alpha value is -1.01. The highest BCUT2D eigenvalue weighted by molar-refractivity contribution is 5.75. The molecule has 0 saturated heterocycles. The second kappa shape index (κ2) is 36.0. The summed E-state index contributed by atoms with van der Waals surface area (Å²) in [4.78, 5) is 11.0. The molecule has 14 heteroatoms. The molecule has 0 radical (unpaired) electrons. The lowest BCUT2D eigenvalue weighted by Gasteiger charge is -2.09. The van der Waals surface area contributed by atoms with Gasteiger partial charge in [0.1, 0.15) is 0 Å². The van der Waals surface area contributed by atoms with Crippen molar-refractivity contribution in [3.8, 4) is 0 Å². The zero-order valence-corrected chi connectivity index (χ0v) is 24.3. The molecular weight excluding hydrogens is 534 g/mol. The highest BCUT2D eigenvalue weighted by Gasteiger charge is 1.98. The van der Waals surface area contributed by atoms with E-state index < -0.39 is 0 Å². The monoisotopic (exact) mass is 587 g/mol. The van der Waals surface area contributed by atoms with Crippen molar-refractivity contribution in [1.82, 2.24) is 5.32 Å². The van der Waals surface area contributed by atoms with E-state index in [0.717, 1.165) is 0 Å². The molecule has 0 aromatic heterocycles. The van der Waals surface area contributed by atoms with E-state index in [0.29, 0.717) is 152 Å². The lowest BCUT2D eigenvalue weighted by molar-refractivity contribution is -0.121. The van der Waals surface area contributed by atoms with Crippen LogP contribution in [0.4, 0.5) is 0 Å². The van der Waals surface area contributed by atoms with Gasteiger partial charge in [0.25, 0.3) is 0 Å². The molecule has 0 aliphatic carbocycles. The second-order valence-electron chi connectivity index (χ2n) is 7.88. The molecule has 0 heterocycles. The average molecular weight is 588 g/mol. The third-order valence-corrected chi connectivity index (χ3v) is 4.71.